The number of rotatable bonds is 7. The molecule has 84 valence electrons. The van der Waals surface area contributed by atoms with Crippen LogP contribution in [0.15, 0.2) is 30.3 Å². The summed E-state index contributed by atoms with van der Waals surface area (Å²) in [5, 5.41) is 1.55. The fraction of sp³-hybridized carbons (Fsp3) is 0.500. The van der Waals surface area contributed by atoms with Crippen molar-refractivity contribution >= 4 is 35.8 Å². The van der Waals surface area contributed by atoms with Crippen molar-refractivity contribution in [3.63, 3.8) is 0 Å². The van der Waals surface area contributed by atoms with Gasteiger partial charge in [0.1, 0.15) is 0 Å². The minimum atomic E-state index is 0.0477. The Bertz CT molecular complexity index is 245. The fourth-order valence-electron chi connectivity index (χ4n) is 1.54. The molecule has 0 radical (unpaired) electrons. The number of halogens is 1. The molecule has 1 unspecified atom stereocenters. The van der Waals surface area contributed by atoms with E-state index in [1.165, 1.54) is 29.6 Å². The maximum atomic E-state index is 5.59. The molecule has 1 rings (SSSR count). The molecule has 3 heteroatoms. The normalized spacial score (nSPS) is 12.7. The average Bonchev–Trinajstić information content (AvgIpc) is 2.30. The SMILES string of the molecule is NCCCP(CCCI)c1ccccc1. The van der Waals surface area contributed by atoms with Crippen molar-refractivity contribution in [1.29, 1.82) is 0 Å². The quantitative estimate of drug-likeness (QED) is 0.463. The van der Waals surface area contributed by atoms with Crippen LogP contribution < -0.4 is 11.0 Å². The maximum Gasteiger partial charge on any atom is -0.000127 e. The summed E-state index contributed by atoms with van der Waals surface area (Å²) in [6, 6.07) is 10.9. The number of hydrogen-bond donors (Lipinski definition) is 1. The Labute approximate surface area is 108 Å². The van der Waals surface area contributed by atoms with Crippen LogP contribution in [0.2, 0.25) is 0 Å². The van der Waals surface area contributed by atoms with Gasteiger partial charge >= 0.3 is 0 Å². The first-order valence-electron chi connectivity index (χ1n) is 5.44. The van der Waals surface area contributed by atoms with Crippen LogP contribution >= 0.6 is 30.5 Å². The lowest BCUT2D eigenvalue weighted by atomic mass is 10.4. The Hall–Kier alpha value is 0.340. The highest BCUT2D eigenvalue weighted by atomic mass is 127. The predicted molar refractivity (Wildman–Crippen MR) is 79.9 cm³/mol. The molecule has 0 aromatic heterocycles. The van der Waals surface area contributed by atoms with E-state index < -0.39 is 0 Å². The van der Waals surface area contributed by atoms with E-state index in [4.69, 9.17) is 5.73 Å². The molecule has 1 atom stereocenters. The van der Waals surface area contributed by atoms with Gasteiger partial charge in [-0.1, -0.05) is 60.8 Å². The first kappa shape index (κ1) is 13.4. The van der Waals surface area contributed by atoms with Gasteiger partial charge in [-0.3, -0.25) is 0 Å². The van der Waals surface area contributed by atoms with Crippen molar-refractivity contribution in [2.75, 3.05) is 23.3 Å². The summed E-state index contributed by atoms with van der Waals surface area (Å²) in [6.45, 7) is 0.829. The molecule has 0 aliphatic carbocycles. The molecular formula is C12H19INP. The van der Waals surface area contributed by atoms with Crippen LogP contribution in [0.1, 0.15) is 12.8 Å². The molecule has 15 heavy (non-hydrogen) atoms. The second kappa shape index (κ2) is 8.49. The van der Waals surface area contributed by atoms with Gasteiger partial charge in [-0.15, -0.1) is 0 Å². The summed E-state index contributed by atoms with van der Waals surface area (Å²) in [4.78, 5) is 0. The maximum absolute atomic E-state index is 5.59. The van der Waals surface area contributed by atoms with Crippen LogP contribution in [0.3, 0.4) is 0 Å². The molecule has 0 amide bonds. The Kier molecular flexibility index (Phi) is 7.58. The molecule has 0 bridgehead atoms. The molecule has 1 nitrogen and oxygen atoms in total. The first-order chi connectivity index (χ1) is 7.38. The van der Waals surface area contributed by atoms with E-state index >= 15 is 0 Å². The fourth-order valence-corrected chi connectivity index (χ4v) is 4.96. The first-order valence-corrected chi connectivity index (χ1v) is 8.68. The lowest BCUT2D eigenvalue weighted by Gasteiger charge is -2.17. The van der Waals surface area contributed by atoms with Gasteiger partial charge in [-0.05, 0) is 41.4 Å². The zero-order valence-electron chi connectivity index (χ0n) is 9.03. The third kappa shape index (κ3) is 5.28. The Balaban J connectivity index is 2.55. The Morgan fingerprint density at radius 3 is 2.33 bits per heavy atom. The standard InChI is InChI=1S/C12H19INP/c13-8-4-10-15(11-5-9-14)12-6-2-1-3-7-12/h1-3,6-7H,4-5,8-11,14H2. The molecule has 1 aromatic rings. The molecule has 0 saturated carbocycles. The van der Waals surface area contributed by atoms with Crippen LogP contribution in [0, 0.1) is 0 Å². The molecule has 2 N–H and O–H groups in total. The van der Waals surface area contributed by atoms with Crippen molar-refractivity contribution in [1.82, 2.24) is 0 Å². The number of alkyl halides is 1. The van der Waals surface area contributed by atoms with Crippen molar-refractivity contribution in [3.8, 4) is 0 Å². The van der Waals surface area contributed by atoms with Gasteiger partial charge in [0, 0.05) is 0 Å². The molecule has 0 fully saturated rings. The highest BCUT2D eigenvalue weighted by molar-refractivity contribution is 14.1. The van der Waals surface area contributed by atoms with Gasteiger partial charge in [0.15, 0.2) is 0 Å². The average molecular weight is 335 g/mol. The minimum Gasteiger partial charge on any atom is -0.330 e. The molecule has 0 saturated heterocycles. The lowest BCUT2D eigenvalue weighted by Crippen LogP contribution is -2.09. The summed E-state index contributed by atoms with van der Waals surface area (Å²) in [6.07, 6.45) is 5.17. The Morgan fingerprint density at radius 1 is 1.07 bits per heavy atom. The van der Waals surface area contributed by atoms with Crippen molar-refractivity contribution < 1.29 is 0 Å². The number of nitrogens with two attached hydrogens (primary N) is 1. The van der Waals surface area contributed by atoms with Crippen molar-refractivity contribution in [2.45, 2.75) is 12.8 Å². The van der Waals surface area contributed by atoms with Crippen LogP contribution in [-0.2, 0) is 0 Å². The van der Waals surface area contributed by atoms with Crippen LogP contribution in [0.4, 0.5) is 0 Å². The zero-order chi connectivity index (χ0) is 10.9. The number of hydrogen-bond acceptors (Lipinski definition) is 1. The largest absolute Gasteiger partial charge is 0.330 e. The molecule has 0 aliphatic heterocycles. The molecular weight excluding hydrogens is 316 g/mol. The number of benzene rings is 1. The van der Waals surface area contributed by atoms with Crippen LogP contribution in [0.25, 0.3) is 0 Å². The molecule has 0 heterocycles. The van der Waals surface area contributed by atoms with E-state index in [-0.39, 0.29) is 7.92 Å². The molecule has 1 aromatic carbocycles. The van der Waals surface area contributed by atoms with Gasteiger partial charge in [0.05, 0.1) is 0 Å². The van der Waals surface area contributed by atoms with E-state index in [0.717, 1.165) is 6.54 Å². The summed E-state index contributed by atoms with van der Waals surface area (Å²) in [5.74, 6) is 0. The zero-order valence-corrected chi connectivity index (χ0v) is 12.1. The summed E-state index contributed by atoms with van der Waals surface area (Å²) in [7, 11) is 0.0477. The van der Waals surface area contributed by atoms with Gasteiger partial charge < -0.3 is 5.73 Å². The van der Waals surface area contributed by atoms with Gasteiger partial charge in [0.25, 0.3) is 0 Å². The van der Waals surface area contributed by atoms with E-state index in [2.05, 4.69) is 52.9 Å². The smallest absolute Gasteiger partial charge is 0.000127 e. The van der Waals surface area contributed by atoms with Gasteiger partial charge in [-0.25, -0.2) is 0 Å². The highest BCUT2D eigenvalue weighted by Gasteiger charge is 2.08. The lowest BCUT2D eigenvalue weighted by molar-refractivity contribution is 0.935. The monoisotopic (exact) mass is 335 g/mol. The second-order valence-electron chi connectivity index (χ2n) is 3.51. The molecule has 0 aliphatic rings. The molecule has 0 spiro atoms. The van der Waals surface area contributed by atoms with Gasteiger partial charge in [-0.2, -0.15) is 0 Å². The topological polar surface area (TPSA) is 26.0 Å². The summed E-state index contributed by atoms with van der Waals surface area (Å²) < 4.78 is 1.27. The third-order valence-corrected chi connectivity index (χ3v) is 5.82. The third-order valence-electron chi connectivity index (χ3n) is 2.32. The van der Waals surface area contributed by atoms with Crippen LogP contribution in [0.5, 0.6) is 0 Å². The Morgan fingerprint density at radius 2 is 1.73 bits per heavy atom. The highest BCUT2D eigenvalue weighted by Crippen LogP contribution is 2.35. The van der Waals surface area contributed by atoms with Crippen molar-refractivity contribution in [2.24, 2.45) is 5.73 Å². The van der Waals surface area contributed by atoms with E-state index in [0.29, 0.717) is 0 Å². The summed E-state index contributed by atoms with van der Waals surface area (Å²) >= 11 is 2.46. The van der Waals surface area contributed by atoms with Crippen LogP contribution in [-0.4, -0.2) is 23.3 Å². The van der Waals surface area contributed by atoms with E-state index in [1.807, 2.05) is 0 Å². The van der Waals surface area contributed by atoms with Crippen molar-refractivity contribution in [3.05, 3.63) is 30.3 Å². The van der Waals surface area contributed by atoms with Gasteiger partial charge in [0.2, 0.25) is 0 Å². The van der Waals surface area contributed by atoms with E-state index in [9.17, 15) is 0 Å². The minimum absolute atomic E-state index is 0.0477. The summed E-state index contributed by atoms with van der Waals surface area (Å²) in [5.41, 5.74) is 5.59. The predicted octanol–water partition coefficient (Wildman–Crippen LogP) is 2.97. The second-order valence-corrected chi connectivity index (χ2v) is 7.08. The van der Waals surface area contributed by atoms with E-state index in [1.54, 1.807) is 5.30 Å².